The molecule has 0 aliphatic carbocycles. The van der Waals surface area contributed by atoms with Gasteiger partial charge in [-0.3, -0.25) is 4.79 Å². The molecule has 0 saturated heterocycles. The Labute approximate surface area is 150 Å². The zero-order valence-electron chi connectivity index (χ0n) is 12.2. The predicted molar refractivity (Wildman–Crippen MR) is 96.6 cm³/mol. The fourth-order valence-corrected chi connectivity index (χ4v) is 3.19. The highest BCUT2D eigenvalue weighted by Gasteiger charge is 2.09. The van der Waals surface area contributed by atoms with Crippen LogP contribution in [-0.2, 0) is 13.0 Å². The maximum Gasteiger partial charge on any atom is 0.270 e. The maximum absolute atomic E-state index is 11.8. The van der Waals surface area contributed by atoms with Crippen molar-refractivity contribution in [1.82, 2.24) is 15.3 Å². The fraction of sp³-hybridized carbons (Fsp3) is 0.462. The van der Waals surface area contributed by atoms with E-state index in [-0.39, 0.29) is 30.7 Å². The van der Waals surface area contributed by atoms with Crippen LogP contribution in [0.4, 0.5) is 0 Å². The van der Waals surface area contributed by atoms with Crippen LogP contribution < -0.4 is 11.1 Å². The molecule has 5 nitrogen and oxygen atoms in total. The van der Waals surface area contributed by atoms with Crippen molar-refractivity contribution < 1.29 is 4.79 Å². The Morgan fingerprint density at radius 1 is 1.18 bits per heavy atom. The summed E-state index contributed by atoms with van der Waals surface area (Å²) in [6.45, 7) is 3.05. The van der Waals surface area contributed by atoms with E-state index in [4.69, 9.17) is 5.73 Å². The first-order valence-corrected chi connectivity index (χ1v) is 8.28. The van der Waals surface area contributed by atoms with Crippen LogP contribution in [0.1, 0.15) is 39.0 Å². The summed E-state index contributed by atoms with van der Waals surface area (Å²) in [5, 5.41) is 8.64. The minimum Gasteiger partial charge on any atom is -0.351 e. The van der Waals surface area contributed by atoms with Gasteiger partial charge in [-0.15, -0.1) is 47.5 Å². The minimum atomic E-state index is -0.119. The van der Waals surface area contributed by atoms with Gasteiger partial charge in [0.05, 0.1) is 5.01 Å². The highest BCUT2D eigenvalue weighted by molar-refractivity contribution is 7.10. The van der Waals surface area contributed by atoms with Crippen molar-refractivity contribution in [2.75, 3.05) is 6.54 Å². The van der Waals surface area contributed by atoms with Crippen LogP contribution in [0.5, 0.6) is 0 Å². The Bertz CT molecular complexity index is 574. The molecule has 0 aliphatic heterocycles. The van der Waals surface area contributed by atoms with Gasteiger partial charge in [0.25, 0.3) is 5.91 Å². The van der Waals surface area contributed by atoms with Crippen molar-refractivity contribution in [3.8, 4) is 0 Å². The second-order valence-electron chi connectivity index (χ2n) is 4.43. The van der Waals surface area contributed by atoms with Gasteiger partial charge in [-0.2, -0.15) is 0 Å². The molecule has 2 heterocycles. The summed E-state index contributed by atoms with van der Waals surface area (Å²) in [5.74, 6) is -0.119. The van der Waals surface area contributed by atoms with Gasteiger partial charge in [0.2, 0.25) is 0 Å². The van der Waals surface area contributed by atoms with Crippen LogP contribution in [0.3, 0.4) is 0 Å². The molecule has 124 valence electrons. The standard InChI is InChI=1S/C13H18N4OS2.2ClH/c1-9-7-19-11(16-9)4-2-3-5-15-13(18)10-8-20-12(6-14)17-10;;/h7-8H,2-6,14H2,1H3,(H,15,18);2*1H. The number of nitrogens with two attached hydrogens (primary N) is 1. The summed E-state index contributed by atoms with van der Waals surface area (Å²) >= 11 is 3.11. The molecule has 0 fully saturated rings. The summed E-state index contributed by atoms with van der Waals surface area (Å²) < 4.78 is 0. The number of aromatic nitrogens is 2. The summed E-state index contributed by atoms with van der Waals surface area (Å²) in [6.07, 6.45) is 2.94. The number of carbonyl (C=O) groups is 1. The van der Waals surface area contributed by atoms with Crippen LogP contribution in [0.15, 0.2) is 10.8 Å². The third-order valence-electron chi connectivity index (χ3n) is 2.73. The van der Waals surface area contributed by atoms with E-state index < -0.39 is 0 Å². The van der Waals surface area contributed by atoms with Crippen LogP contribution in [0.25, 0.3) is 0 Å². The smallest absolute Gasteiger partial charge is 0.270 e. The first-order chi connectivity index (χ1) is 9.69. The summed E-state index contributed by atoms with van der Waals surface area (Å²) in [5.41, 5.74) is 7.02. The predicted octanol–water partition coefficient (Wildman–Crippen LogP) is 2.96. The summed E-state index contributed by atoms with van der Waals surface area (Å²) in [6, 6.07) is 0. The van der Waals surface area contributed by atoms with Crippen LogP contribution in [0.2, 0.25) is 0 Å². The van der Waals surface area contributed by atoms with E-state index >= 15 is 0 Å². The van der Waals surface area contributed by atoms with Gasteiger partial charge >= 0.3 is 0 Å². The van der Waals surface area contributed by atoms with Crippen LogP contribution in [-0.4, -0.2) is 22.4 Å². The Balaban J connectivity index is 0.00000220. The molecule has 2 aromatic heterocycles. The first kappa shape index (κ1) is 21.3. The number of nitrogens with one attached hydrogen (secondary N) is 1. The third kappa shape index (κ3) is 6.58. The Morgan fingerprint density at radius 2 is 1.91 bits per heavy atom. The molecule has 0 bridgehead atoms. The summed E-state index contributed by atoms with van der Waals surface area (Å²) in [7, 11) is 0. The lowest BCUT2D eigenvalue weighted by molar-refractivity contribution is 0.0948. The summed E-state index contributed by atoms with van der Waals surface area (Å²) in [4.78, 5) is 20.4. The zero-order valence-corrected chi connectivity index (χ0v) is 15.5. The lowest BCUT2D eigenvalue weighted by Crippen LogP contribution is -2.24. The minimum absolute atomic E-state index is 0. The Hall–Kier alpha value is -0.730. The SMILES string of the molecule is Cc1csc(CCCCNC(=O)c2csc(CN)n2)n1.Cl.Cl. The maximum atomic E-state index is 11.8. The third-order valence-corrected chi connectivity index (χ3v) is 4.63. The second kappa shape index (κ2) is 10.9. The number of rotatable bonds is 7. The van der Waals surface area contributed by atoms with Gasteiger partial charge in [0, 0.05) is 29.5 Å². The normalized spacial score (nSPS) is 9.73. The highest BCUT2D eigenvalue weighted by atomic mass is 35.5. The molecular formula is C13H20Cl2N4OS2. The van der Waals surface area contributed by atoms with Gasteiger partial charge in [0.15, 0.2) is 0 Å². The molecule has 1 amide bonds. The molecule has 2 rings (SSSR count). The number of hydrogen-bond donors (Lipinski definition) is 2. The molecule has 22 heavy (non-hydrogen) atoms. The molecule has 0 unspecified atom stereocenters. The lowest BCUT2D eigenvalue weighted by atomic mass is 10.2. The van der Waals surface area contributed by atoms with Crippen molar-refractivity contribution >= 4 is 53.4 Å². The van der Waals surface area contributed by atoms with E-state index in [1.54, 1.807) is 16.7 Å². The number of aryl methyl sites for hydroxylation is 2. The molecule has 9 heteroatoms. The topological polar surface area (TPSA) is 80.9 Å². The number of nitrogens with zero attached hydrogens (tertiary/aromatic N) is 2. The van der Waals surface area contributed by atoms with E-state index in [2.05, 4.69) is 20.7 Å². The van der Waals surface area contributed by atoms with Gasteiger partial charge in [-0.05, 0) is 26.2 Å². The van der Waals surface area contributed by atoms with Crippen molar-refractivity contribution in [1.29, 1.82) is 0 Å². The molecular weight excluding hydrogens is 363 g/mol. The largest absolute Gasteiger partial charge is 0.351 e. The van der Waals surface area contributed by atoms with E-state index in [1.807, 2.05) is 6.92 Å². The van der Waals surface area contributed by atoms with E-state index in [0.717, 1.165) is 30.0 Å². The number of carbonyl (C=O) groups excluding carboxylic acids is 1. The number of halogens is 2. The fourth-order valence-electron chi connectivity index (χ4n) is 1.72. The molecule has 0 aliphatic rings. The van der Waals surface area contributed by atoms with Crippen molar-refractivity contribution in [3.05, 3.63) is 32.2 Å². The number of amides is 1. The van der Waals surface area contributed by atoms with E-state index in [1.165, 1.54) is 16.3 Å². The Morgan fingerprint density at radius 3 is 2.50 bits per heavy atom. The van der Waals surface area contributed by atoms with Crippen LogP contribution in [0, 0.1) is 6.92 Å². The zero-order chi connectivity index (χ0) is 14.4. The molecule has 0 radical (unpaired) electrons. The van der Waals surface area contributed by atoms with Crippen molar-refractivity contribution in [2.24, 2.45) is 5.73 Å². The van der Waals surface area contributed by atoms with Gasteiger partial charge in [-0.1, -0.05) is 0 Å². The quantitative estimate of drug-likeness (QED) is 0.721. The van der Waals surface area contributed by atoms with Crippen molar-refractivity contribution in [2.45, 2.75) is 32.7 Å². The molecule has 0 spiro atoms. The monoisotopic (exact) mass is 382 g/mol. The van der Waals surface area contributed by atoms with E-state index in [9.17, 15) is 4.79 Å². The highest BCUT2D eigenvalue weighted by Crippen LogP contribution is 2.12. The average molecular weight is 383 g/mol. The average Bonchev–Trinajstić information content (AvgIpc) is 3.07. The van der Waals surface area contributed by atoms with Gasteiger partial charge < -0.3 is 11.1 Å². The number of thiazole rings is 2. The lowest BCUT2D eigenvalue weighted by Gasteiger charge is -2.02. The molecule has 0 aromatic carbocycles. The molecule has 2 aromatic rings. The number of unbranched alkanes of at least 4 members (excludes halogenated alkanes) is 1. The van der Waals surface area contributed by atoms with Crippen LogP contribution >= 0.6 is 47.5 Å². The molecule has 0 saturated carbocycles. The first-order valence-electron chi connectivity index (χ1n) is 6.52. The van der Waals surface area contributed by atoms with Gasteiger partial charge in [-0.25, -0.2) is 9.97 Å². The molecule has 0 atom stereocenters. The van der Waals surface area contributed by atoms with E-state index in [0.29, 0.717) is 18.8 Å². The molecule has 3 N–H and O–H groups in total. The Kier molecular flexibility index (Phi) is 10.5. The number of hydrogen-bond acceptors (Lipinski definition) is 6. The second-order valence-corrected chi connectivity index (χ2v) is 6.31. The van der Waals surface area contributed by atoms with Gasteiger partial charge in [0.1, 0.15) is 10.7 Å². The van der Waals surface area contributed by atoms with Crippen molar-refractivity contribution in [3.63, 3.8) is 0 Å².